The fourth-order valence-electron chi connectivity index (χ4n) is 1.87. The Morgan fingerprint density at radius 2 is 2.13 bits per heavy atom. The van der Waals surface area contributed by atoms with Crippen molar-refractivity contribution in [1.29, 1.82) is 0 Å². The molecule has 1 heterocycles. The van der Waals surface area contributed by atoms with E-state index in [2.05, 4.69) is 17.1 Å². The first-order chi connectivity index (χ1) is 7.27. The van der Waals surface area contributed by atoms with E-state index in [0.29, 0.717) is 6.42 Å². The average Bonchev–Trinajstić information content (AvgIpc) is 2.62. The highest BCUT2D eigenvalue weighted by Gasteiger charge is 2.02. The van der Waals surface area contributed by atoms with Crippen molar-refractivity contribution >= 4 is 16.7 Å². The zero-order valence-electron chi connectivity index (χ0n) is 8.92. The molecule has 0 spiro atoms. The molecule has 0 unspecified atom stereocenters. The summed E-state index contributed by atoms with van der Waals surface area (Å²) in [5.41, 5.74) is 2.49. The van der Waals surface area contributed by atoms with Gasteiger partial charge in [-0.2, -0.15) is 0 Å². The number of carbonyl (C=O) groups is 1. The Labute approximate surface area is 89.3 Å². The lowest BCUT2D eigenvalue weighted by molar-refractivity contribution is -0.117. The third-order valence-electron chi connectivity index (χ3n) is 2.65. The Bertz CT molecular complexity index is 470. The zero-order valence-corrected chi connectivity index (χ0v) is 8.92. The average molecular weight is 201 g/mol. The van der Waals surface area contributed by atoms with Gasteiger partial charge in [-0.25, -0.2) is 0 Å². The molecule has 0 atom stereocenters. The molecule has 1 aromatic heterocycles. The van der Waals surface area contributed by atoms with Gasteiger partial charge in [0, 0.05) is 23.5 Å². The smallest absolute Gasteiger partial charge is 0.129 e. The van der Waals surface area contributed by atoms with E-state index in [-0.39, 0.29) is 5.78 Å². The predicted octanol–water partition coefficient (Wildman–Crippen LogP) is 3.08. The molecule has 2 heteroatoms. The van der Waals surface area contributed by atoms with Crippen LogP contribution in [-0.2, 0) is 11.2 Å². The lowest BCUT2D eigenvalue weighted by atomic mass is 10.1. The second kappa shape index (κ2) is 4.30. The molecule has 1 aromatic carbocycles. The molecule has 15 heavy (non-hydrogen) atoms. The first kappa shape index (κ1) is 9.97. The summed E-state index contributed by atoms with van der Waals surface area (Å²) in [5.74, 6) is 0.273. The molecule has 0 saturated carbocycles. The molecule has 2 nitrogen and oxygen atoms in total. The number of benzene rings is 1. The number of Topliss-reactive ketones (excluding diaryl/α,β-unsaturated/α-hetero) is 1. The highest BCUT2D eigenvalue weighted by Crippen LogP contribution is 2.19. The number of hydrogen-bond donors (Lipinski definition) is 1. The third-order valence-corrected chi connectivity index (χ3v) is 2.65. The molecule has 0 bridgehead atoms. The number of aromatic amines is 1. The van der Waals surface area contributed by atoms with Crippen LogP contribution < -0.4 is 0 Å². The van der Waals surface area contributed by atoms with E-state index >= 15 is 0 Å². The third kappa shape index (κ3) is 2.27. The van der Waals surface area contributed by atoms with Gasteiger partial charge in [0.2, 0.25) is 0 Å². The van der Waals surface area contributed by atoms with Crippen LogP contribution in [0.1, 0.15) is 25.3 Å². The lowest BCUT2D eigenvalue weighted by Gasteiger charge is -1.97. The number of hydrogen-bond acceptors (Lipinski definition) is 1. The Balaban J connectivity index is 2.11. The van der Waals surface area contributed by atoms with Gasteiger partial charge in [0.05, 0.1) is 0 Å². The van der Waals surface area contributed by atoms with Crippen LogP contribution in [0.3, 0.4) is 0 Å². The van der Waals surface area contributed by atoms with E-state index in [4.69, 9.17) is 0 Å². The largest absolute Gasteiger partial charge is 0.361 e. The molecule has 0 aliphatic rings. The second-order valence-corrected chi connectivity index (χ2v) is 3.92. The Hall–Kier alpha value is -1.57. The summed E-state index contributed by atoms with van der Waals surface area (Å²) in [6, 6.07) is 8.27. The molecule has 2 aromatic rings. The molecule has 78 valence electrons. The van der Waals surface area contributed by atoms with Crippen molar-refractivity contribution in [3.05, 3.63) is 36.0 Å². The maximum Gasteiger partial charge on any atom is 0.129 e. The van der Waals surface area contributed by atoms with Crippen LogP contribution >= 0.6 is 0 Å². The van der Waals surface area contributed by atoms with Gasteiger partial charge in [0.1, 0.15) is 5.78 Å². The van der Waals surface area contributed by atoms with Crippen molar-refractivity contribution in [2.24, 2.45) is 0 Å². The van der Waals surface area contributed by atoms with Crippen molar-refractivity contribution in [1.82, 2.24) is 4.98 Å². The van der Waals surface area contributed by atoms with Crippen molar-refractivity contribution in [3.63, 3.8) is 0 Å². The Kier molecular flexibility index (Phi) is 2.86. The summed E-state index contributed by atoms with van der Waals surface area (Å²) in [7, 11) is 0. The molecule has 2 rings (SSSR count). The number of nitrogens with one attached hydrogen (secondary N) is 1. The quantitative estimate of drug-likeness (QED) is 0.810. The van der Waals surface area contributed by atoms with Crippen molar-refractivity contribution in [2.45, 2.75) is 26.2 Å². The van der Waals surface area contributed by atoms with Crippen LogP contribution in [0, 0.1) is 0 Å². The van der Waals surface area contributed by atoms with Crippen LogP contribution in [0.4, 0.5) is 0 Å². The number of H-pyrrole nitrogens is 1. The minimum absolute atomic E-state index is 0.273. The number of ketones is 1. The van der Waals surface area contributed by atoms with Gasteiger partial charge < -0.3 is 9.78 Å². The summed E-state index contributed by atoms with van der Waals surface area (Å²) in [6.07, 6.45) is 4.64. The van der Waals surface area contributed by atoms with E-state index in [0.717, 1.165) is 12.8 Å². The van der Waals surface area contributed by atoms with Crippen molar-refractivity contribution in [3.8, 4) is 0 Å². The number of fused-ring (bicyclic) bond motifs is 1. The highest BCUT2D eigenvalue weighted by atomic mass is 16.1. The Morgan fingerprint density at radius 1 is 1.33 bits per heavy atom. The van der Waals surface area contributed by atoms with Crippen LogP contribution in [0.2, 0.25) is 0 Å². The van der Waals surface area contributed by atoms with Gasteiger partial charge >= 0.3 is 0 Å². The van der Waals surface area contributed by atoms with Gasteiger partial charge in [0.15, 0.2) is 0 Å². The summed E-state index contributed by atoms with van der Waals surface area (Å²) in [6.45, 7) is 1.65. The number of aromatic nitrogens is 1. The number of aryl methyl sites for hydroxylation is 1. The molecule has 0 aliphatic heterocycles. The lowest BCUT2D eigenvalue weighted by Crippen LogP contribution is -1.91. The molecule has 1 N–H and O–H groups in total. The maximum absolute atomic E-state index is 10.8. The first-order valence-corrected chi connectivity index (χ1v) is 5.32. The minimum Gasteiger partial charge on any atom is -0.361 e. The summed E-state index contributed by atoms with van der Waals surface area (Å²) < 4.78 is 0. The zero-order chi connectivity index (χ0) is 10.7. The molecular weight excluding hydrogens is 186 g/mol. The second-order valence-electron chi connectivity index (χ2n) is 3.92. The SMILES string of the molecule is CC(=O)CCCc1c[nH]c2ccccc12. The van der Waals surface area contributed by atoms with Gasteiger partial charge in [-0.05, 0) is 31.4 Å². The summed E-state index contributed by atoms with van der Waals surface area (Å²) in [4.78, 5) is 14.1. The standard InChI is InChI=1S/C13H15NO/c1-10(15)5-4-6-11-9-14-13-8-3-2-7-12(11)13/h2-3,7-9,14H,4-6H2,1H3. The molecule has 0 amide bonds. The molecule has 0 radical (unpaired) electrons. The normalized spacial score (nSPS) is 10.7. The minimum atomic E-state index is 0.273. The number of rotatable bonds is 4. The van der Waals surface area contributed by atoms with Gasteiger partial charge in [-0.15, -0.1) is 0 Å². The predicted molar refractivity (Wildman–Crippen MR) is 61.9 cm³/mol. The van der Waals surface area contributed by atoms with Gasteiger partial charge in [-0.3, -0.25) is 0 Å². The fraction of sp³-hybridized carbons (Fsp3) is 0.308. The monoisotopic (exact) mass is 201 g/mol. The van der Waals surface area contributed by atoms with Gasteiger partial charge in [0.25, 0.3) is 0 Å². The van der Waals surface area contributed by atoms with Gasteiger partial charge in [-0.1, -0.05) is 18.2 Å². The van der Waals surface area contributed by atoms with E-state index in [1.807, 2.05) is 18.3 Å². The first-order valence-electron chi connectivity index (χ1n) is 5.32. The van der Waals surface area contributed by atoms with Crippen molar-refractivity contribution < 1.29 is 4.79 Å². The summed E-state index contributed by atoms with van der Waals surface area (Å²) >= 11 is 0. The topological polar surface area (TPSA) is 32.9 Å². The molecule has 0 saturated heterocycles. The van der Waals surface area contributed by atoms with Crippen LogP contribution in [0.15, 0.2) is 30.5 Å². The highest BCUT2D eigenvalue weighted by molar-refractivity contribution is 5.83. The molecule has 0 aliphatic carbocycles. The van der Waals surface area contributed by atoms with Crippen LogP contribution in [-0.4, -0.2) is 10.8 Å². The Morgan fingerprint density at radius 3 is 2.93 bits per heavy atom. The fourth-order valence-corrected chi connectivity index (χ4v) is 1.87. The maximum atomic E-state index is 10.8. The van der Waals surface area contributed by atoms with E-state index in [1.54, 1.807) is 6.92 Å². The van der Waals surface area contributed by atoms with Crippen LogP contribution in [0.5, 0.6) is 0 Å². The molecule has 0 fully saturated rings. The van der Waals surface area contributed by atoms with E-state index < -0.39 is 0 Å². The van der Waals surface area contributed by atoms with Crippen LogP contribution in [0.25, 0.3) is 10.9 Å². The van der Waals surface area contributed by atoms with E-state index in [1.165, 1.54) is 16.5 Å². The van der Waals surface area contributed by atoms with Crippen molar-refractivity contribution in [2.75, 3.05) is 0 Å². The number of carbonyl (C=O) groups excluding carboxylic acids is 1. The number of para-hydroxylation sites is 1. The van der Waals surface area contributed by atoms with E-state index in [9.17, 15) is 4.79 Å². The molecular formula is C13H15NO. The summed E-state index contributed by atoms with van der Waals surface area (Å²) in [5, 5.41) is 1.28.